The van der Waals surface area contributed by atoms with E-state index in [1.54, 1.807) is 0 Å². The molecule has 0 amide bonds. The molecule has 0 radical (unpaired) electrons. The van der Waals surface area contributed by atoms with Crippen molar-refractivity contribution in [3.8, 4) is 5.75 Å². The van der Waals surface area contributed by atoms with Gasteiger partial charge in [0, 0.05) is 12.1 Å². The highest BCUT2D eigenvalue weighted by atomic mass is 16.5. The summed E-state index contributed by atoms with van der Waals surface area (Å²) in [4.78, 5) is 15.2. The summed E-state index contributed by atoms with van der Waals surface area (Å²) < 4.78 is 5.92. The molecule has 2 aliphatic heterocycles. The van der Waals surface area contributed by atoms with Crippen LogP contribution in [0.4, 0.5) is 5.69 Å². The number of ether oxygens (including phenoxy) is 1. The summed E-state index contributed by atoms with van der Waals surface area (Å²) in [6.45, 7) is 9.29. The molecule has 2 aliphatic rings. The van der Waals surface area contributed by atoms with Crippen LogP contribution in [0.1, 0.15) is 50.4 Å². The van der Waals surface area contributed by atoms with Crippen LogP contribution in [-0.2, 0) is 0 Å². The van der Waals surface area contributed by atoms with Gasteiger partial charge in [-0.1, -0.05) is 13.8 Å². The van der Waals surface area contributed by atoms with E-state index >= 15 is 0 Å². The van der Waals surface area contributed by atoms with Crippen LogP contribution >= 0.6 is 0 Å². The number of nitrogens with one attached hydrogen (secondary N) is 1. The monoisotopic (exact) mass is 316 g/mol. The van der Waals surface area contributed by atoms with E-state index in [-0.39, 0.29) is 17.9 Å². The van der Waals surface area contributed by atoms with E-state index in [1.807, 2.05) is 25.1 Å². The molecule has 2 heterocycles. The molecule has 0 bridgehead atoms. The van der Waals surface area contributed by atoms with Crippen molar-refractivity contribution in [1.82, 2.24) is 4.90 Å². The van der Waals surface area contributed by atoms with Gasteiger partial charge >= 0.3 is 0 Å². The minimum Gasteiger partial charge on any atom is -0.486 e. The number of rotatable bonds is 4. The fraction of sp³-hybridized carbons (Fsp3) is 0.632. The van der Waals surface area contributed by atoms with E-state index < -0.39 is 0 Å². The second kappa shape index (κ2) is 6.91. The van der Waals surface area contributed by atoms with Crippen LogP contribution in [0.25, 0.3) is 0 Å². The van der Waals surface area contributed by atoms with E-state index in [2.05, 4.69) is 24.1 Å². The molecular weight excluding hydrogens is 288 g/mol. The number of Topliss-reactive ketones (excluding diaryl/α,β-unsaturated/α-hetero) is 1. The molecular formula is C19H28N2O2. The third-order valence-electron chi connectivity index (χ3n) is 5.15. The molecule has 126 valence electrons. The SMILES string of the molecule is CCC1CNc2cc(C(=O)C(C)N3CCCC(C)C3)ccc2O1. The molecule has 0 saturated carbocycles. The van der Waals surface area contributed by atoms with Crippen molar-refractivity contribution >= 4 is 11.5 Å². The standard InChI is InChI=1S/C19H28N2O2/c1-4-16-11-20-17-10-15(7-8-18(17)23-16)19(22)14(3)21-9-5-6-13(2)12-21/h7-8,10,13-14,16,20H,4-6,9,11-12H2,1-3H3. The van der Waals surface area contributed by atoms with Gasteiger partial charge in [-0.15, -0.1) is 0 Å². The number of carbonyl (C=O) groups excluding carboxylic acids is 1. The highest BCUT2D eigenvalue weighted by Crippen LogP contribution is 2.31. The molecule has 3 unspecified atom stereocenters. The summed E-state index contributed by atoms with van der Waals surface area (Å²) in [6, 6.07) is 5.74. The predicted molar refractivity (Wildman–Crippen MR) is 93.4 cm³/mol. The molecule has 0 aliphatic carbocycles. The van der Waals surface area contributed by atoms with Gasteiger partial charge in [0.05, 0.1) is 18.3 Å². The molecule has 1 fully saturated rings. The highest BCUT2D eigenvalue weighted by molar-refractivity contribution is 6.01. The van der Waals surface area contributed by atoms with E-state index in [0.29, 0.717) is 5.92 Å². The summed E-state index contributed by atoms with van der Waals surface area (Å²) in [5, 5.41) is 3.39. The predicted octanol–water partition coefficient (Wildman–Crippen LogP) is 3.57. The second-order valence-electron chi connectivity index (χ2n) is 7.02. The van der Waals surface area contributed by atoms with E-state index in [0.717, 1.165) is 43.1 Å². The Kier molecular flexibility index (Phi) is 4.90. The number of hydrogen-bond acceptors (Lipinski definition) is 4. The van der Waals surface area contributed by atoms with Crippen molar-refractivity contribution in [2.24, 2.45) is 5.92 Å². The Morgan fingerprint density at radius 2 is 2.30 bits per heavy atom. The van der Waals surface area contributed by atoms with Gasteiger partial charge in [-0.3, -0.25) is 9.69 Å². The topological polar surface area (TPSA) is 41.6 Å². The first-order valence-corrected chi connectivity index (χ1v) is 8.91. The summed E-state index contributed by atoms with van der Waals surface area (Å²) >= 11 is 0. The largest absolute Gasteiger partial charge is 0.486 e. The van der Waals surface area contributed by atoms with Crippen molar-refractivity contribution in [3.63, 3.8) is 0 Å². The van der Waals surface area contributed by atoms with Gasteiger partial charge in [0.2, 0.25) is 0 Å². The molecule has 0 spiro atoms. The van der Waals surface area contributed by atoms with Gasteiger partial charge in [-0.25, -0.2) is 0 Å². The Hall–Kier alpha value is -1.55. The van der Waals surface area contributed by atoms with Gasteiger partial charge in [0.1, 0.15) is 11.9 Å². The molecule has 4 heteroatoms. The van der Waals surface area contributed by atoms with Gasteiger partial charge < -0.3 is 10.1 Å². The highest BCUT2D eigenvalue weighted by Gasteiger charge is 2.27. The molecule has 3 rings (SSSR count). The van der Waals surface area contributed by atoms with E-state index in [9.17, 15) is 4.79 Å². The van der Waals surface area contributed by atoms with Crippen molar-refractivity contribution in [1.29, 1.82) is 0 Å². The lowest BCUT2D eigenvalue weighted by Crippen LogP contribution is -2.44. The number of anilines is 1. The molecule has 1 aromatic carbocycles. The van der Waals surface area contributed by atoms with Crippen LogP contribution in [0.2, 0.25) is 0 Å². The molecule has 4 nitrogen and oxygen atoms in total. The lowest BCUT2D eigenvalue weighted by molar-refractivity contribution is 0.0765. The Morgan fingerprint density at radius 3 is 3.04 bits per heavy atom. The summed E-state index contributed by atoms with van der Waals surface area (Å²) in [5.41, 5.74) is 1.72. The third-order valence-corrected chi connectivity index (χ3v) is 5.15. The Bertz CT molecular complexity index is 572. The smallest absolute Gasteiger partial charge is 0.179 e. The maximum Gasteiger partial charge on any atom is 0.179 e. The Balaban J connectivity index is 1.72. The van der Waals surface area contributed by atoms with Gasteiger partial charge in [-0.2, -0.15) is 0 Å². The molecule has 1 aromatic rings. The van der Waals surface area contributed by atoms with Crippen LogP contribution in [0.15, 0.2) is 18.2 Å². The number of piperidine rings is 1. The minimum atomic E-state index is -0.0521. The lowest BCUT2D eigenvalue weighted by atomic mass is 9.96. The molecule has 0 aromatic heterocycles. The number of likely N-dealkylation sites (tertiary alicyclic amines) is 1. The zero-order valence-electron chi connectivity index (χ0n) is 14.5. The van der Waals surface area contributed by atoms with Crippen molar-refractivity contribution in [3.05, 3.63) is 23.8 Å². The van der Waals surface area contributed by atoms with E-state index in [1.165, 1.54) is 12.8 Å². The lowest BCUT2D eigenvalue weighted by Gasteiger charge is -2.35. The summed E-state index contributed by atoms with van der Waals surface area (Å²) in [6.07, 6.45) is 3.67. The molecule has 3 atom stereocenters. The zero-order chi connectivity index (χ0) is 16.4. The number of ketones is 1. The molecule has 1 N–H and O–H groups in total. The number of hydrogen-bond donors (Lipinski definition) is 1. The fourth-order valence-corrected chi connectivity index (χ4v) is 3.58. The number of nitrogens with zero attached hydrogens (tertiary/aromatic N) is 1. The van der Waals surface area contributed by atoms with Crippen molar-refractivity contribution in [2.75, 3.05) is 25.0 Å². The third kappa shape index (κ3) is 3.52. The summed E-state index contributed by atoms with van der Waals surface area (Å²) in [7, 11) is 0. The van der Waals surface area contributed by atoms with Gasteiger partial charge in [0.15, 0.2) is 5.78 Å². The van der Waals surface area contributed by atoms with Crippen LogP contribution < -0.4 is 10.1 Å². The zero-order valence-corrected chi connectivity index (χ0v) is 14.5. The Labute approximate surface area is 139 Å². The average molecular weight is 316 g/mol. The maximum atomic E-state index is 12.8. The van der Waals surface area contributed by atoms with Crippen LogP contribution in [0.5, 0.6) is 5.75 Å². The first-order chi connectivity index (χ1) is 11.1. The van der Waals surface area contributed by atoms with Crippen LogP contribution in [0, 0.1) is 5.92 Å². The number of benzene rings is 1. The number of fused-ring (bicyclic) bond motifs is 1. The molecule has 1 saturated heterocycles. The normalized spacial score (nSPS) is 25.9. The first kappa shape index (κ1) is 16.3. The number of carbonyl (C=O) groups is 1. The van der Waals surface area contributed by atoms with Crippen molar-refractivity contribution in [2.45, 2.75) is 52.2 Å². The second-order valence-corrected chi connectivity index (χ2v) is 7.02. The Morgan fingerprint density at radius 1 is 1.48 bits per heavy atom. The minimum absolute atomic E-state index is 0.0521. The van der Waals surface area contributed by atoms with Crippen molar-refractivity contribution < 1.29 is 9.53 Å². The van der Waals surface area contributed by atoms with Gasteiger partial charge in [-0.05, 0) is 56.8 Å². The van der Waals surface area contributed by atoms with E-state index in [4.69, 9.17) is 4.74 Å². The van der Waals surface area contributed by atoms with Crippen LogP contribution in [0.3, 0.4) is 0 Å². The molecule has 23 heavy (non-hydrogen) atoms. The fourth-order valence-electron chi connectivity index (χ4n) is 3.58. The average Bonchev–Trinajstić information content (AvgIpc) is 2.59. The first-order valence-electron chi connectivity index (χ1n) is 8.91. The maximum absolute atomic E-state index is 12.8. The quantitative estimate of drug-likeness (QED) is 0.862. The summed E-state index contributed by atoms with van der Waals surface area (Å²) in [5.74, 6) is 1.75. The van der Waals surface area contributed by atoms with Gasteiger partial charge in [0.25, 0.3) is 0 Å². The van der Waals surface area contributed by atoms with Crippen LogP contribution in [-0.4, -0.2) is 42.5 Å².